The first kappa shape index (κ1) is 13.0. The summed E-state index contributed by atoms with van der Waals surface area (Å²) in [6, 6.07) is 0. The van der Waals surface area contributed by atoms with E-state index in [-0.39, 0.29) is 0 Å². The van der Waals surface area contributed by atoms with Gasteiger partial charge in [0.15, 0.2) is 0 Å². The molecule has 1 saturated heterocycles. The number of hydrogen-bond acceptors (Lipinski definition) is 1. The predicted molar refractivity (Wildman–Crippen MR) is 68.1 cm³/mol. The van der Waals surface area contributed by atoms with E-state index in [1.54, 1.807) is 0 Å². The van der Waals surface area contributed by atoms with E-state index < -0.39 is 0 Å². The van der Waals surface area contributed by atoms with E-state index in [9.17, 15) is 0 Å². The molecule has 90 valence electrons. The Morgan fingerprint density at radius 2 is 1.67 bits per heavy atom. The van der Waals surface area contributed by atoms with E-state index in [2.05, 4.69) is 18.7 Å². The molecule has 1 aliphatic carbocycles. The highest BCUT2D eigenvalue weighted by Gasteiger charge is 2.43. The average Bonchev–Trinajstić information content (AvgIpc) is 2.23. The van der Waals surface area contributed by atoms with Crippen molar-refractivity contribution in [3.63, 3.8) is 0 Å². The summed E-state index contributed by atoms with van der Waals surface area (Å²) in [5.74, 6) is 1.01. The Bertz CT molecular complexity index is 160. The van der Waals surface area contributed by atoms with E-state index in [4.69, 9.17) is 0 Å². The fraction of sp³-hybridized carbons (Fsp3) is 1.00. The average molecular weight is 211 g/mol. The molecule has 1 saturated carbocycles. The van der Waals surface area contributed by atoms with Crippen molar-refractivity contribution in [3.05, 3.63) is 0 Å². The minimum Gasteiger partial charge on any atom is -0.302 e. The quantitative estimate of drug-likeness (QED) is 0.669. The zero-order chi connectivity index (χ0) is 11.3. The number of rotatable bonds is 2. The lowest BCUT2D eigenvalue weighted by molar-refractivity contribution is -0.0359. The van der Waals surface area contributed by atoms with Gasteiger partial charge in [-0.25, -0.2) is 0 Å². The molecule has 0 radical (unpaired) electrons. The normalized spacial score (nSPS) is 25.6. The van der Waals surface area contributed by atoms with Crippen molar-refractivity contribution in [2.45, 2.75) is 59.8 Å². The number of likely N-dealkylation sites (tertiary alicyclic amines) is 1. The van der Waals surface area contributed by atoms with E-state index in [0.29, 0.717) is 0 Å². The Morgan fingerprint density at radius 1 is 1.13 bits per heavy atom. The molecule has 2 rings (SSSR count). The van der Waals surface area contributed by atoms with Gasteiger partial charge in [-0.1, -0.05) is 40.5 Å². The van der Waals surface area contributed by atoms with Crippen LogP contribution in [-0.2, 0) is 0 Å². The summed E-state index contributed by atoms with van der Waals surface area (Å²) in [7, 11) is 0. The van der Waals surface area contributed by atoms with Crippen molar-refractivity contribution in [1.29, 1.82) is 0 Å². The van der Waals surface area contributed by atoms with Crippen LogP contribution in [0.1, 0.15) is 59.8 Å². The molecular weight excluding hydrogens is 182 g/mol. The largest absolute Gasteiger partial charge is 0.302 e. The van der Waals surface area contributed by atoms with Crippen molar-refractivity contribution < 1.29 is 0 Å². The van der Waals surface area contributed by atoms with Crippen LogP contribution in [0.15, 0.2) is 0 Å². The van der Waals surface area contributed by atoms with Gasteiger partial charge in [-0.15, -0.1) is 0 Å². The van der Waals surface area contributed by atoms with Crippen LogP contribution in [0.4, 0.5) is 0 Å². The second-order valence-corrected chi connectivity index (χ2v) is 5.39. The summed E-state index contributed by atoms with van der Waals surface area (Å²) in [4.78, 5) is 2.63. The fourth-order valence-electron chi connectivity index (χ4n) is 3.07. The van der Waals surface area contributed by atoms with Crippen LogP contribution in [0.3, 0.4) is 0 Å². The fourth-order valence-corrected chi connectivity index (χ4v) is 3.07. The lowest BCUT2D eigenvalue weighted by atomic mass is 9.66. The Balaban J connectivity index is 0.000000531. The van der Waals surface area contributed by atoms with Crippen molar-refractivity contribution >= 4 is 0 Å². The van der Waals surface area contributed by atoms with Gasteiger partial charge < -0.3 is 4.90 Å². The monoisotopic (exact) mass is 211 g/mol. The first-order valence-corrected chi connectivity index (χ1v) is 6.96. The minimum absolute atomic E-state index is 0.779. The van der Waals surface area contributed by atoms with Gasteiger partial charge in [0.05, 0.1) is 0 Å². The first-order valence-electron chi connectivity index (χ1n) is 6.96. The standard InChI is InChI=1S/C12H23N.C2H6/c1-3-8-13-9-12(10-13)6-4-11(2)5-7-12;1-2/h11H,3-10H2,1-2H3;1-2H3. The van der Waals surface area contributed by atoms with Crippen molar-refractivity contribution in [3.8, 4) is 0 Å². The van der Waals surface area contributed by atoms with Gasteiger partial charge in [-0.3, -0.25) is 0 Å². The van der Waals surface area contributed by atoms with Gasteiger partial charge in [0.1, 0.15) is 0 Å². The molecule has 0 unspecified atom stereocenters. The Kier molecular flexibility index (Phi) is 5.11. The summed E-state index contributed by atoms with van der Waals surface area (Å²) in [6.45, 7) is 12.8. The highest BCUT2D eigenvalue weighted by Crippen LogP contribution is 2.45. The van der Waals surface area contributed by atoms with Gasteiger partial charge in [0, 0.05) is 13.1 Å². The van der Waals surface area contributed by atoms with Crippen LogP contribution in [0.5, 0.6) is 0 Å². The molecule has 1 aliphatic heterocycles. The van der Waals surface area contributed by atoms with Crippen molar-refractivity contribution in [1.82, 2.24) is 4.90 Å². The van der Waals surface area contributed by atoms with Gasteiger partial charge >= 0.3 is 0 Å². The highest BCUT2D eigenvalue weighted by molar-refractivity contribution is 4.97. The smallest absolute Gasteiger partial charge is 0.00505 e. The molecule has 15 heavy (non-hydrogen) atoms. The summed E-state index contributed by atoms with van der Waals surface area (Å²) >= 11 is 0. The maximum atomic E-state index is 2.63. The number of nitrogens with zero attached hydrogens (tertiary/aromatic N) is 1. The molecular formula is C14H29N. The molecule has 0 atom stereocenters. The van der Waals surface area contributed by atoms with Crippen LogP contribution < -0.4 is 0 Å². The van der Waals surface area contributed by atoms with E-state index in [1.165, 1.54) is 51.7 Å². The first-order chi connectivity index (χ1) is 7.24. The molecule has 2 aliphatic rings. The van der Waals surface area contributed by atoms with Crippen molar-refractivity contribution in [2.24, 2.45) is 11.3 Å². The Labute approximate surface area is 96.2 Å². The molecule has 1 heteroatoms. The van der Waals surface area contributed by atoms with Gasteiger partial charge in [-0.2, -0.15) is 0 Å². The van der Waals surface area contributed by atoms with Crippen LogP contribution in [0.25, 0.3) is 0 Å². The summed E-state index contributed by atoms with van der Waals surface area (Å²) in [6.07, 6.45) is 7.31. The molecule has 0 amide bonds. The summed E-state index contributed by atoms with van der Waals surface area (Å²) < 4.78 is 0. The minimum atomic E-state index is 0.779. The Hall–Kier alpha value is -0.0400. The molecule has 0 bridgehead atoms. The predicted octanol–water partition coefficient (Wildman–Crippen LogP) is 3.93. The third-order valence-electron chi connectivity index (χ3n) is 3.99. The molecule has 0 aromatic carbocycles. The molecule has 1 nitrogen and oxygen atoms in total. The molecule has 2 fully saturated rings. The molecule has 1 spiro atoms. The molecule has 0 aromatic heterocycles. The third-order valence-corrected chi connectivity index (χ3v) is 3.99. The summed E-state index contributed by atoms with van der Waals surface area (Å²) in [5.41, 5.74) is 0.779. The van der Waals surface area contributed by atoms with E-state index in [0.717, 1.165) is 11.3 Å². The van der Waals surface area contributed by atoms with Crippen LogP contribution in [0.2, 0.25) is 0 Å². The maximum absolute atomic E-state index is 2.63. The Morgan fingerprint density at radius 3 is 2.13 bits per heavy atom. The van der Waals surface area contributed by atoms with Crippen molar-refractivity contribution in [2.75, 3.05) is 19.6 Å². The van der Waals surface area contributed by atoms with E-state index in [1.807, 2.05) is 13.8 Å². The van der Waals surface area contributed by atoms with Crippen LogP contribution in [-0.4, -0.2) is 24.5 Å². The lowest BCUT2D eigenvalue weighted by Gasteiger charge is -2.53. The second-order valence-electron chi connectivity index (χ2n) is 5.39. The third kappa shape index (κ3) is 3.21. The lowest BCUT2D eigenvalue weighted by Crippen LogP contribution is -2.57. The van der Waals surface area contributed by atoms with Crippen LogP contribution >= 0.6 is 0 Å². The zero-order valence-electron chi connectivity index (χ0n) is 11.2. The highest BCUT2D eigenvalue weighted by atomic mass is 15.2. The zero-order valence-corrected chi connectivity index (χ0v) is 11.2. The van der Waals surface area contributed by atoms with Gasteiger partial charge in [0.2, 0.25) is 0 Å². The van der Waals surface area contributed by atoms with Gasteiger partial charge in [0.25, 0.3) is 0 Å². The van der Waals surface area contributed by atoms with E-state index >= 15 is 0 Å². The topological polar surface area (TPSA) is 3.24 Å². The van der Waals surface area contributed by atoms with Gasteiger partial charge in [-0.05, 0) is 37.1 Å². The maximum Gasteiger partial charge on any atom is 0.00505 e. The molecule has 0 N–H and O–H groups in total. The second kappa shape index (κ2) is 5.89. The molecule has 0 aromatic rings. The summed E-state index contributed by atoms with van der Waals surface area (Å²) in [5, 5.41) is 0. The number of hydrogen-bond donors (Lipinski definition) is 0. The van der Waals surface area contributed by atoms with Crippen LogP contribution in [0, 0.1) is 11.3 Å². The molecule has 1 heterocycles. The SMILES string of the molecule is CC.CCCN1CC2(CCC(C)CC2)C1.